The zero-order valence-corrected chi connectivity index (χ0v) is 19.5. The van der Waals surface area contributed by atoms with E-state index >= 15 is 0 Å². The van der Waals surface area contributed by atoms with E-state index in [0.29, 0.717) is 47.6 Å². The number of amides is 2. The van der Waals surface area contributed by atoms with Crippen LogP contribution in [0.3, 0.4) is 0 Å². The van der Waals surface area contributed by atoms with E-state index in [1.165, 1.54) is 12.1 Å². The minimum atomic E-state index is -0.735. The van der Waals surface area contributed by atoms with Crippen molar-refractivity contribution in [3.63, 3.8) is 0 Å². The summed E-state index contributed by atoms with van der Waals surface area (Å²) in [7, 11) is 0. The van der Waals surface area contributed by atoms with E-state index in [1.807, 2.05) is 0 Å². The van der Waals surface area contributed by atoms with Crippen molar-refractivity contribution < 1.29 is 34.3 Å². The Kier molecular flexibility index (Phi) is 8.93. The quantitative estimate of drug-likeness (QED) is 0.141. The number of carbonyl (C=O) groups is 2. The minimum Gasteiger partial charge on any atom is -0.508 e. The largest absolute Gasteiger partial charge is 0.508 e. The molecule has 0 fully saturated rings. The van der Waals surface area contributed by atoms with E-state index in [1.54, 1.807) is 29.7 Å². The number of hydrogen-bond donors (Lipinski definition) is 5. The Balaban J connectivity index is 1.66. The van der Waals surface area contributed by atoms with Gasteiger partial charge in [0.1, 0.15) is 23.0 Å². The van der Waals surface area contributed by atoms with Gasteiger partial charge in [-0.1, -0.05) is 28.9 Å². The number of phenolic OH excluding ortho intramolecular Hbond substituents is 2. The number of unbranched alkanes of at least 4 members (excludes halogenated alkanes) is 2. The van der Waals surface area contributed by atoms with Crippen molar-refractivity contribution in [3.8, 4) is 28.4 Å². The molecule has 35 heavy (non-hydrogen) atoms. The molecule has 0 saturated carbocycles. The van der Waals surface area contributed by atoms with Crippen LogP contribution in [0.2, 0.25) is 5.02 Å². The van der Waals surface area contributed by atoms with E-state index in [9.17, 15) is 19.8 Å². The Bertz CT molecular complexity index is 1180. The zero-order chi connectivity index (χ0) is 25.4. The fourth-order valence-corrected chi connectivity index (χ4v) is 3.72. The maximum absolute atomic E-state index is 11.9. The number of ether oxygens (including phenoxy) is 1. The highest BCUT2D eigenvalue weighted by atomic mass is 35.5. The van der Waals surface area contributed by atoms with Crippen LogP contribution in [-0.2, 0) is 17.6 Å². The molecule has 0 radical (unpaired) electrons. The number of aromatic nitrogens is 1. The van der Waals surface area contributed by atoms with Gasteiger partial charge < -0.3 is 25.2 Å². The normalized spacial score (nSPS) is 10.8. The molecule has 0 spiro atoms. The van der Waals surface area contributed by atoms with Crippen LogP contribution in [-0.4, -0.2) is 39.0 Å². The highest BCUT2D eigenvalue weighted by Gasteiger charge is 2.22. The summed E-state index contributed by atoms with van der Waals surface area (Å²) in [6.45, 7) is 0.462. The smallest absolute Gasteiger partial charge is 0.271 e. The van der Waals surface area contributed by atoms with Crippen LogP contribution in [0.25, 0.3) is 11.1 Å². The van der Waals surface area contributed by atoms with Crippen LogP contribution in [0.1, 0.15) is 47.5 Å². The number of rotatable bonds is 12. The third-order valence-electron chi connectivity index (χ3n) is 5.35. The van der Waals surface area contributed by atoms with Gasteiger partial charge in [-0.15, -0.1) is 0 Å². The van der Waals surface area contributed by atoms with Crippen LogP contribution < -0.4 is 16.0 Å². The van der Waals surface area contributed by atoms with Crippen molar-refractivity contribution in [3.05, 3.63) is 58.4 Å². The molecule has 186 valence electrons. The predicted molar refractivity (Wildman–Crippen MR) is 127 cm³/mol. The average molecular weight is 504 g/mol. The first kappa shape index (κ1) is 25.9. The first-order chi connectivity index (χ1) is 16.8. The van der Waals surface area contributed by atoms with Gasteiger partial charge in [-0.2, -0.15) is 0 Å². The summed E-state index contributed by atoms with van der Waals surface area (Å²) in [6, 6.07) is 9.66. The number of benzene rings is 2. The lowest BCUT2D eigenvalue weighted by atomic mass is 9.99. The summed E-state index contributed by atoms with van der Waals surface area (Å²) in [5, 5.41) is 32.1. The van der Waals surface area contributed by atoms with E-state index in [-0.39, 0.29) is 35.1 Å². The van der Waals surface area contributed by atoms with Gasteiger partial charge in [-0.25, -0.2) is 5.48 Å². The molecule has 0 aliphatic carbocycles. The second kappa shape index (κ2) is 12.1. The highest BCUT2D eigenvalue weighted by Crippen LogP contribution is 2.34. The third-order valence-corrected chi connectivity index (χ3v) is 5.65. The first-order valence-corrected chi connectivity index (χ1v) is 11.3. The number of hydrogen-bond acceptors (Lipinski definition) is 8. The molecule has 0 saturated heterocycles. The Hall–Kier alpha value is -3.76. The van der Waals surface area contributed by atoms with Crippen molar-refractivity contribution in [2.75, 3.05) is 6.61 Å². The summed E-state index contributed by atoms with van der Waals surface area (Å²) in [6.07, 6.45) is 3.03. The summed E-state index contributed by atoms with van der Waals surface area (Å²) >= 11 is 5.94. The molecule has 2 amide bonds. The molecule has 3 aromatic rings. The predicted octanol–water partition coefficient (Wildman–Crippen LogP) is 3.73. The molecule has 6 N–H and O–H groups in total. The number of phenols is 2. The molecule has 1 heterocycles. The Morgan fingerprint density at radius 3 is 2.49 bits per heavy atom. The molecule has 0 bridgehead atoms. The third kappa shape index (κ3) is 6.87. The van der Waals surface area contributed by atoms with Gasteiger partial charge in [-0.05, 0) is 55.0 Å². The van der Waals surface area contributed by atoms with Gasteiger partial charge >= 0.3 is 0 Å². The van der Waals surface area contributed by atoms with Gasteiger partial charge in [0.25, 0.3) is 5.91 Å². The van der Waals surface area contributed by atoms with Crippen molar-refractivity contribution in [2.45, 2.75) is 38.5 Å². The molecule has 2 aromatic carbocycles. The van der Waals surface area contributed by atoms with Crippen molar-refractivity contribution in [1.29, 1.82) is 0 Å². The summed E-state index contributed by atoms with van der Waals surface area (Å²) in [5.41, 5.74) is 8.69. The van der Waals surface area contributed by atoms with E-state index < -0.39 is 11.8 Å². The Morgan fingerprint density at radius 2 is 1.80 bits per heavy atom. The topological polar surface area (TPSA) is 168 Å². The minimum absolute atomic E-state index is 0.00598. The molecule has 11 heteroatoms. The Morgan fingerprint density at radius 1 is 1.06 bits per heavy atom. The van der Waals surface area contributed by atoms with Crippen molar-refractivity contribution in [1.82, 2.24) is 10.6 Å². The second-order valence-corrected chi connectivity index (χ2v) is 8.25. The zero-order valence-electron chi connectivity index (χ0n) is 18.8. The lowest BCUT2D eigenvalue weighted by Gasteiger charge is -2.09. The second-order valence-electron chi connectivity index (χ2n) is 7.84. The monoisotopic (exact) mass is 503 g/mol. The maximum Gasteiger partial charge on any atom is 0.271 e. The van der Waals surface area contributed by atoms with Gasteiger partial charge in [0.2, 0.25) is 5.91 Å². The van der Waals surface area contributed by atoms with Crippen LogP contribution in [0.15, 0.2) is 40.9 Å². The number of nitrogens with one attached hydrogen (secondary N) is 1. The fraction of sp³-hybridized carbons (Fsp3) is 0.292. The molecule has 0 atom stereocenters. The fourth-order valence-electron chi connectivity index (χ4n) is 3.53. The number of hydroxylamine groups is 1. The molecular weight excluding hydrogens is 478 g/mol. The number of carbonyl (C=O) groups excluding carboxylic acids is 2. The SMILES string of the molecule is NC(=O)c1noc(CCc2cc(Cl)c(O)cc2O)c1-c1ccc(OCCCCCC(=O)NO)cc1. The van der Waals surface area contributed by atoms with Gasteiger partial charge in [0, 0.05) is 18.9 Å². The van der Waals surface area contributed by atoms with Crippen LogP contribution in [0, 0.1) is 0 Å². The van der Waals surface area contributed by atoms with Crippen LogP contribution >= 0.6 is 11.6 Å². The van der Waals surface area contributed by atoms with Gasteiger partial charge in [0.15, 0.2) is 5.69 Å². The summed E-state index contributed by atoms with van der Waals surface area (Å²) in [4.78, 5) is 22.9. The lowest BCUT2D eigenvalue weighted by molar-refractivity contribution is -0.129. The number of nitrogens with two attached hydrogens (primary N) is 1. The van der Waals surface area contributed by atoms with E-state index in [0.717, 1.165) is 12.8 Å². The maximum atomic E-state index is 11.9. The lowest BCUT2D eigenvalue weighted by Crippen LogP contribution is -2.17. The number of aromatic hydroxyl groups is 2. The van der Waals surface area contributed by atoms with Crippen LogP contribution in [0.4, 0.5) is 0 Å². The highest BCUT2D eigenvalue weighted by molar-refractivity contribution is 6.32. The molecular formula is C24H26ClN3O7. The van der Waals surface area contributed by atoms with Crippen molar-refractivity contribution >= 4 is 23.4 Å². The van der Waals surface area contributed by atoms with E-state index in [4.69, 9.17) is 31.8 Å². The molecule has 1 aromatic heterocycles. The van der Waals surface area contributed by atoms with Gasteiger partial charge in [0.05, 0.1) is 17.2 Å². The molecule has 3 rings (SSSR count). The molecule has 10 nitrogen and oxygen atoms in total. The standard InChI is InChI=1S/C24H26ClN3O7/c25-17-12-15(18(29)13-19(17)30)7-10-20-22(23(24(26)32)28-35-20)14-5-8-16(9-6-14)34-11-3-1-2-4-21(31)27-33/h5-6,8-9,12-13,29-30,33H,1-4,7,10-11H2,(H2,26,32)(H,27,31). The summed E-state index contributed by atoms with van der Waals surface area (Å²) < 4.78 is 11.1. The number of nitrogens with zero attached hydrogens (tertiary/aromatic N) is 1. The van der Waals surface area contributed by atoms with Crippen molar-refractivity contribution in [2.24, 2.45) is 5.73 Å². The molecule has 0 unspecified atom stereocenters. The number of halogens is 1. The Labute approximate surface area is 206 Å². The molecule has 0 aliphatic rings. The number of aryl methyl sites for hydroxylation is 2. The first-order valence-electron chi connectivity index (χ1n) is 10.9. The average Bonchev–Trinajstić information content (AvgIpc) is 3.27. The summed E-state index contributed by atoms with van der Waals surface area (Å²) in [5.74, 6) is -0.441. The molecule has 0 aliphatic heterocycles. The van der Waals surface area contributed by atoms with Gasteiger partial charge in [-0.3, -0.25) is 14.8 Å². The van der Waals surface area contributed by atoms with E-state index in [2.05, 4.69) is 5.16 Å². The van der Waals surface area contributed by atoms with Crippen LogP contribution in [0.5, 0.6) is 17.2 Å². The number of primary amides is 1.